The molecule has 100 valence electrons. The quantitative estimate of drug-likeness (QED) is 0.347. The maximum Gasteiger partial charge on any atom is 0.270 e. The van der Waals surface area contributed by atoms with Crippen molar-refractivity contribution in [1.29, 1.82) is 0 Å². The minimum atomic E-state index is -0.481. The third-order valence-corrected chi connectivity index (χ3v) is 4.28. The Balaban J connectivity index is 0.00000162. The summed E-state index contributed by atoms with van der Waals surface area (Å²) >= 11 is 1.63. The molecule has 2 atom stereocenters. The van der Waals surface area contributed by atoms with Crippen LogP contribution in [0.15, 0.2) is 11.3 Å². The molecule has 18 heavy (non-hydrogen) atoms. The number of thioether (sulfide) groups is 1. The number of ether oxygens (including phenoxy) is 1. The molecule has 0 bridgehead atoms. The minimum absolute atomic E-state index is 0. The fourth-order valence-corrected chi connectivity index (χ4v) is 3.50. The molecule has 2 aliphatic heterocycles. The molecule has 1 fully saturated rings. The molecule has 7 heteroatoms. The summed E-state index contributed by atoms with van der Waals surface area (Å²) in [7, 11) is 5.04. The molecule has 2 rings (SSSR count). The number of rotatable bonds is 2. The number of nitrogens with zero attached hydrogens (tertiary/aromatic N) is 2. The Morgan fingerprint density at radius 3 is 2.67 bits per heavy atom. The zero-order valence-electron chi connectivity index (χ0n) is 10.5. The molecule has 2 aliphatic rings. The van der Waals surface area contributed by atoms with Gasteiger partial charge in [-0.1, -0.05) is 0 Å². The number of methoxy groups -OCH3 is 1. The molecule has 0 aliphatic carbocycles. The summed E-state index contributed by atoms with van der Waals surface area (Å²) < 4.78 is 4.70. The Morgan fingerprint density at radius 1 is 1.56 bits per heavy atom. The largest absolute Gasteiger partial charge is 0.478 e. The van der Waals surface area contributed by atoms with Gasteiger partial charge in [0.15, 0.2) is 0 Å². The molecule has 0 aromatic heterocycles. The van der Waals surface area contributed by atoms with Crippen molar-refractivity contribution in [3.8, 4) is 0 Å². The molecule has 1 amide bonds. The maximum absolute atomic E-state index is 12.0. The van der Waals surface area contributed by atoms with Crippen LogP contribution in [-0.4, -0.2) is 60.1 Å². The second-order valence-corrected chi connectivity index (χ2v) is 5.37. The van der Waals surface area contributed by atoms with Gasteiger partial charge in [0.25, 0.3) is 5.97 Å². The van der Waals surface area contributed by atoms with E-state index in [-0.39, 0.29) is 38.4 Å². The molecule has 0 N–H and O–H groups in total. The van der Waals surface area contributed by atoms with Crippen molar-refractivity contribution in [2.45, 2.75) is 11.4 Å². The summed E-state index contributed by atoms with van der Waals surface area (Å²) in [6, 6.07) is -0.159. The number of carbonyl (C=O) groups is 2. The van der Waals surface area contributed by atoms with Crippen molar-refractivity contribution in [2.24, 2.45) is 0 Å². The molecule has 0 aromatic carbocycles. The number of amides is 1. The molecule has 2 unspecified atom stereocenters. The van der Waals surface area contributed by atoms with Crippen molar-refractivity contribution in [2.75, 3.05) is 27.0 Å². The molecule has 0 aromatic rings. The van der Waals surface area contributed by atoms with Crippen LogP contribution in [-0.2, 0) is 35.4 Å². The summed E-state index contributed by atoms with van der Waals surface area (Å²) in [6.45, 7) is 3.82. The Hall–Kier alpha value is -0.452. The Kier molecular flexibility index (Phi) is 4.92. The molecule has 0 saturated carbocycles. The second-order valence-electron chi connectivity index (χ2n) is 4.26. The summed E-state index contributed by atoms with van der Waals surface area (Å²) in [6.07, 6.45) is 0. The number of hydrogen-bond acceptors (Lipinski definition) is 5. The predicted molar refractivity (Wildman–Crippen MR) is 65.0 cm³/mol. The van der Waals surface area contributed by atoms with Crippen molar-refractivity contribution in [3.63, 3.8) is 0 Å². The van der Waals surface area contributed by atoms with Gasteiger partial charge in [-0.05, 0) is 25.5 Å². The Labute approximate surface area is 125 Å². The van der Waals surface area contributed by atoms with Gasteiger partial charge in [-0.3, -0.25) is 14.5 Å². The number of carbonyl (C=O) groups excluding carboxylic acids is 2. The summed E-state index contributed by atoms with van der Waals surface area (Å²) in [5, 5.41) is -0.00269. The van der Waals surface area contributed by atoms with E-state index in [4.69, 9.17) is 4.74 Å². The van der Waals surface area contributed by atoms with Crippen molar-refractivity contribution in [3.05, 3.63) is 18.2 Å². The number of fused-ring (bicyclic) bond motifs is 1. The van der Waals surface area contributed by atoms with E-state index in [0.29, 0.717) is 17.0 Å². The van der Waals surface area contributed by atoms with Crippen LogP contribution in [0.3, 0.4) is 0 Å². The molecular weight excluding hydrogens is 424 g/mol. The fourth-order valence-electron chi connectivity index (χ4n) is 2.09. The average molecular weight is 439 g/mol. The minimum Gasteiger partial charge on any atom is -0.478 e. The van der Waals surface area contributed by atoms with E-state index in [1.165, 1.54) is 12.0 Å². The van der Waals surface area contributed by atoms with Crippen LogP contribution < -0.4 is 0 Å². The molecular formula is C11H15N2O3SW-. The Morgan fingerprint density at radius 2 is 2.17 bits per heavy atom. The molecule has 1 saturated heterocycles. The molecule has 0 radical (unpaired) electrons. The number of hydrogen-bond donors (Lipinski definition) is 0. The SMILES string of the molecule is [CH2-]C1=C(C(=O)OC)N2C(=O)C(N(C)C)C2SC1.[W]. The molecule has 0 spiro atoms. The van der Waals surface area contributed by atoms with E-state index in [0.717, 1.165) is 0 Å². The van der Waals surface area contributed by atoms with E-state index >= 15 is 0 Å². The maximum atomic E-state index is 12.0. The van der Waals surface area contributed by atoms with Gasteiger partial charge in [0.2, 0.25) is 5.91 Å². The van der Waals surface area contributed by atoms with Crippen LogP contribution in [0.25, 0.3) is 0 Å². The second kappa shape index (κ2) is 5.68. The van der Waals surface area contributed by atoms with E-state index in [1.807, 2.05) is 19.0 Å². The van der Waals surface area contributed by atoms with E-state index < -0.39 is 5.97 Å². The van der Waals surface area contributed by atoms with Crippen LogP contribution in [0.2, 0.25) is 0 Å². The van der Waals surface area contributed by atoms with Gasteiger partial charge in [-0.25, -0.2) is 6.92 Å². The first kappa shape index (κ1) is 15.6. The third-order valence-electron chi connectivity index (χ3n) is 2.95. The topological polar surface area (TPSA) is 49.9 Å². The summed E-state index contributed by atoms with van der Waals surface area (Å²) in [5.41, 5.74) is 0.975. The van der Waals surface area contributed by atoms with Gasteiger partial charge in [0, 0.05) is 21.1 Å². The number of likely N-dealkylation sites (N-methyl/N-ethyl adjacent to an activating group) is 1. The summed E-state index contributed by atoms with van der Waals surface area (Å²) in [5.74, 6) is 0.114. The first-order valence-electron chi connectivity index (χ1n) is 5.23. The zero-order chi connectivity index (χ0) is 12.7. The van der Waals surface area contributed by atoms with Crippen molar-refractivity contribution >= 4 is 23.6 Å². The van der Waals surface area contributed by atoms with Gasteiger partial charge >= 0.3 is 0 Å². The zero-order valence-corrected chi connectivity index (χ0v) is 14.3. The normalized spacial score (nSPS) is 26.4. The van der Waals surface area contributed by atoms with Crippen LogP contribution >= 0.6 is 11.8 Å². The smallest absolute Gasteiger partial charge is 0.270 e. The van der Waals surface area contributed by atoms with Crippen LogP contribution in [0.4, 0.5) is 0 Å². The van der Waals surface area contributed by atoms with Crippen LogP contribution in [0.1, 0.15) is 0 Å². The number of β-lactam (4-membered cyclic amide) rings is 1. The van der Waals surface area contributed by atoms with Gasteiger partial charge in [-0.2, -0.15) is 5.57 Å². The molecule has 5 nitrogen and oxygen atoms in total. The summed E-state index contributed by atoms with van der Waals surface area (Å²) in [4.78, 5) is 27.0. The molecule has 2 heterocycles. The van der Waals surface area contributed by atoms with Crippen LogP contribution in [0.5, 0.6) is 0 Å². The predicted octanol–water partition coefficient (Wildman–Crippen LogP) is 0.0904. The van der Waals surface area contributed by atoms with E-state index in [1.54, 1.807) is 11.8 Å². The van der Waals surface area contributed by atoms with Gasteiger partial charge < -0.3 is 9.64 Å². The van der Waals surface area contributed by atoms with Gasteiger partial charge in [-0.15, -0.1) is 11.8 Å². The van der Waals surface area contributed by atoms with E-state index in [9.17, 15) is 9.59 Å². The first-order chi connectivity index (χ1) is 7.99. The number of esters is 1. The van der Waals surface area contributed by atoms with E-state index in [2.05, 4.69) is 6.92 Å². The third kappa shape index (κ3) is 2.21. The standard InChI is InChI=1S/C11H15N2O3S.W/c1-6-5-17-10-8(12(2)3)9(14)13(10)7(6)11(15)16-4;/h8,10H,1,5H2,2-4H3;/q-1;. The van der Waals surface area contributed by atoms with Crippen molar-refractivity contribution in [1.82, 2.24) is 9.80 Å². The first-order valence-corrected chi connectivity index (χ1v) is 6.28. The van der Waals surface area contributed by atoms with Gasteiger partial charge in [0.05, 0.1) is 12.5 Å². The average Bonchev–Trinajstić information content (AvgIpc) is 2.28. The Bertz CT molecular complexity index is 411. The van der Waals surface area contributed by atoms with Crippen LogP contribution in [0, 0.1) is 6.92 Å². The monoisotopic (exact) mass is 439 g/mol. The van der Waals surface area contributed by atoms with Crippen molar-refractivity contribution < 1.29 is 35.4 Å². The van der Waals surface area contributed by atoms with Gasteiger partial charge in [0.1, 0.15) is 6.04 Å². The fraction of sp³-hybridized carbons (Fsp3) is 0.545.